The largest absolute Gasteiger partial charge is 0.299 e. The molecule has 4 nitrogen and oxygen atoms in total. The summed E-state index contributed by atoms with van der Waals surface area (Å²) in [5.41, 5.74) is 0. The van der Waals surface area contributed by atoms with E-state index in [1.54, 1.807) is 0 Å². The molecule has 0 aromatic heterocycles. The van der Waals surface area contributed by atoms with Gasteiger partial charge >= 0.3 is 0 Å². The van der Waals surface area contributed by atoms with Crippen LogP contribution < -0.4 is 5.14 Å². The Balaban J connectivity index is 3.47. The van der Waals surface area contributed by atoms with Crippen LogP contribution in [0.1, 0.15) is 0 Å². The zero-order chi connectivity index (χ0) is 4.50. The lowest BCUT2D eigenvalue weighted by atomic mass is 13.9. The van der Waals surface area contributed by atoms with Gasteiger partial charge in [0.15, 0.2) is 0 Å². The summed E-state index contributed by atoms with van der Waals surface area (Å²) in [6, 6.07) is 0. The number of hydrogen-bond acceptors (Lipinski definition) is 1. The first-order valence-corrected chi connectivity index (χ1v) is 2.52. The molecular formula is H5NO3S. The molecule has 0 aliphatic rings. The van der Waals surface area contributed by atoms with Gasteiger partial charge in [-0.15, -0.1) is 0 Å². The van der Waals surface area contributed by atoms with Crippen molar-refractivity contribution >= 4 is 10.7 Å². The highest BCUT2D eigenvalue weighted by atomic mass is 32.3. The van der Waals surface area contributed by atoms with Gasteiger partial charge in [0.2, 0.25) is 0 Å². The fraction of sp³-hybridized carbons (Fsp3) is 0. The third kappa shape index (κ3) is 18500. The van der Waals surface area contributed by atoms with Crippen LogP contribution in [0.2, 0.25) is 0 Å². The second-order valence-corrected chi connectivity index (χ2v) is 1.77. The molecule has 0 spiro atoms. The summed E-state index contributed by atoms with van der Waals surface area (Å²) in [6.07, 6.45) is 0. The SMILES string of the molecule is N[SH](=O)(O)O. The molecule has 0 saturated carbocycles. The Morgan fingerprint density at radius 2 is 1.60 bits per heavy atom. The molecule has 0 aliphatic heterocycles. The molecule has 0 amide bonds. The first-order valence-electron chi connectivity index (χ1n) is 0.841. The van der Waals surface area contributed by atoms with E-state index in [-0.39, 0.29) is 0 Å². The zero-order valence-corrected chi connectivity index (χ0v) is 3.22. The molecular weight excluding hydrogens is 94.1 g/mol. The maximum Gasteiger partial charge on any atom is 0.126 e. The number of nitrogens with two attached hydrogens (primary N) is 1. The lowest BCUT2D eigenvalue weighted by Crippen LogP contribution is -2.18. The minimum Gasteiger partial charge on any atom is -0.299 e. The van der Waals surface area contributed by atoms with Crippen molar-refractivity contribution in [3.8, 4) is 0 Å². The third-order valence-electron chi connectivity index (χ3n) is 0. The van der Waals surface area contributed by atoms with Crippen LogP contribution in [0.4, 0.5) is 0 Å². The molecule has 0 heterocycles. The van der Waals surface area contributed by atoms with Crippen molar-refractivity contribution in [2.75, 3.05) is 0 Å². The van der Waals surface area contributed by atoms with E-state index in [1.165, 1.54) is 0 Å². The van der Waals surface area contributed by atoms with Crippen molar-refractivity contribution in [3.63, 3.8) is 0 Å². The van der Waals surface area contributed by atoms with Crippen molar-refractivity contribution in [1.82, 2.24) is 0 Å². The van der Waals surface area contributed by atoms with E-state index in [0.29, 0.717) is 0 Å². The molecule has 5 heavy (non-hydrogen) atoms. The predicted octanol–water partition coefficient (Wildman–Crippen LogP) is -1.18. The average Bonchev–Trinajstić information content (AvgIpc) is 0.722. The van der Waals surface area contributed by atoms with E-state index >= 15 is 0 Å². The van der Waals surface area contributed by atoms with E-state index in [2.05, 4.69) is 5.14 Å². The van der Waals surface area contributed by atoms with E-state index in [4.69, 9.17) is 13.3 Å². The lowest BCUT2D eigenvalue weighted by molar-refractivity contribution is 0.425. The summed E-state index contributed by atoms with van der Waals surface area (Å²) in [5.74, 6) is 0. The lowest BCUT2D eigenvalue weighted by Gasteiger charge is -1.95. The van der Waals surface area contributed by atoms with Crippen molar-refractivity contribution in [2.45, 2.75) is 0 Å². The van der Waals surface area contributed by atoms with Crippen LogP contribution in [0.3, 0.4) is 0 Å². The molecule has 5 heteroatoms. The first-order chi connectivity index (χ1) is 2.00. The molecule has 0 unspecified atom stereocenters. The number of thiol groups is 1. The van der Waals surface area contributed by atoms with Gasteiger partial charge in [0.1, 0.15) is 10.7 Å². The van der Waals surface area contributed by atoms with Gasteiger partial charge in [-0.25, -0.2) is 9.35 Å². The Bertz CT molecular complexity index is 53.0. The van der Waals surface area contributed by atoms with Crippen LogP contribution in [-0.2, 0) is 10.7 Å². The number of rotatable bonds is 0. The molecule has 0 rings (SSSR count). The summed E-state index contributed by atoms with van der Waals surface area (Å²) in [7, 11) is -4.14. The summed E-state index contributed by atoms with van der Waals surface area (Å²) in [4.78, 5) is 0. The molecule has 34 valence electrons. The van der Waals surface area contributed by atoms with E-state index in [0.717, 1.165) is 0 Å². The smallest absolute Gasteiger partial charge is 0.126 e. The standard InChI is InChI=1S/H5NO3S/c1-5(2,3)4/h5H,(H4,1,2,3,4). The highest BCUT2D eigenvalue weighted by Gasteiger charge is 1.81. The fourth-order valence-electron chi connectivity index (χ4n) is 0. The normalized spacial score (nSPS) is 15.0. The average molecular weight is 99.1 g/mol. The molecule has 0 aromatic rings. The Hall–Kier alpha value is 0.0300. The molecule has 0 bridgehead atoms. The Kier molecular flexibility index (Phi) is 1.02. The third-order valence-corrected chi connectivity index (χ3v) is 0. The second kappa shape index (κ2) is 1.02. The van der Waals surface area contributed by atoms with Crippen LogP contribution >= 0.6 is 0 Å². The molecule has 0 radical (unpaired) electrons. The highest BCUT2D eigenvalue weighted by molar-refractivity contribution is 7.90. The monoisotopic (exact) mass is 99.0 g/mol. The van der Waals surface area contributed by atoms with Gasteiger partial charge in [0.25, 0.3) is 0 Å². The van der Waals surface area contributed by atoms with Crippen LogP contribution in [0, 0.1) is 0 Å². The number of hydrogen-bond donors (Lipinski definition) is 4. The summed E-state index contributed by atoms with van der Waals surface area (Å²) >= 11 is 0. The van der Waals surface area contributed by atoms with E-state index in [9.17, 15) is 0 Å². The van der Waals surface area contributed by atoms with Crippen molar-refractivity contribution in [1.29, 1.82) is 0 Å². The Morgan fingerprint density at radius 1 is 1.60 bits per heavy atom. The molecule has 0 aromatic carbocycles. The van der Waals surface area contributed by atoms with Gasteiger partial charge in [-0.05, 0) is 0 Å². The van der Waals surface area contributed by atoms with Gasteiger partial charge in [-0.1, -0.05) is 0 Å². The van der Waals surface area contributed by atoms with Gasteiger partial charge in [0, 0.05) is 0 Å². The zero-order valence-electron chi connectivity index (χ0n) is 2.33. The second-order valence-electron chi connectivity index (χ2n) is 0.589. The quantitative estimate of drug-likeness (QED) is 0.288. The molecule has 0 fully saturated rings. The molecule has 4 N–H and O–H groups in total. The van der Waals surface area contributed by atoms with Crippen LogP contribution in [0.15, 0.2) is 0 Å². The van der Waals surface area contributed by atoms with Gasteiger partial charge in [-0.3, -0.25) is 9.11 Å². The first kappa shape index (κ1) is 5.03. The minimum atomic E-state index is -4.14. The highest BCUT2D eigenvalue weighted by Crippen LogP contribution is 1.65. The Morgan fingerprint density at radius 3 is 1.60 bits per heavy atom. The summed E-state index contributed by atoms with van der Waals surface area (Å²) < 4.78 is 23.9. The summed E-state index contributed by atoms with van der Waals surface area (Å²) in [5, 5.41) is 4.02. The van der Waals surface area contributed by atoms with Crippen molar-refractivity contribution < 1.29 is 13.3 Å². The van der Waals surface area contributed by atoms with Crippen LogP contribution in [0.25, 0.3) is 0 Å². The van der Waals surface area contributed by atoms with E-state index in [1.807, 2.05) is 0 Å². The van der Waals surface area contributed by atoms with E-state index < -0.39 is 10.7 Å². The van der Waals surface area contributed by atoms with Crippen molar-refractivity contribution in [2.24, 2.45) is 5.14 Å². The van der Waals surface area contributed by atoms with Gasteiger partial charge in [0.05, 0.1) is 0 Å². The maximum absolute atomic E-state index is 9.10. The molecule has 0 atom stereocenters. The molecule has 0 saturated heterocycles. The van der Waals surface area contributed by atoms with Gasteiger partial charge < -0.3 is 0 Å². The summed E-state index contributed by atoms with van der Waals surface area (Å²) in [6.45, 7) is 0. The van der Waals surface area contributed by atoms with Gasteiger partial charge in [-0.2, -0.15) is 0 Å². The van der Waals surface area contributed by atoms with Crippen LogP contribution in [0.5, 0.6) is 0 Å². The predicted molar refractivity (Wildman–Crippen MR) is 19.0 cm³/mol. The maximum atomic E-state index is 9.10. The Labute approximate surface area is 30.2 Å². The molecule has 0 aliphatic carbocycles. The fourth-order valence-corrected chi connectivity index (χ4v) is 0. The van der Waals surface area contributed by atoms with Crippen LogP contribution in [-0.4, -0.2) is 13.3 Å². The topological polar surface area (TPSA) is 83.6 Å². The van der Waals surface area contributed by atoms with Crippen molar-refractivity contribution in [3.05, 3.63) is 0 Å². The minimum absolute atomic E-state index is 4.02.